The lowest BCUT2D eigenvalue weighted by atomic mass is 10.1. The summed E-state index contributed by atoms with van der Waals surface area (Å²) in [6.07, 6.45) is 5.54. The zero-order valence-electron chi connectivity index (χ0n) is 15.3. The number of allylic oxidation sites excluding steroid dienone is 4. The normalized spacial score (nSPS) is 23.6. The van der Waals surface area contributed by atoms with Crippen molar-refractivity contribution in [1.29, 1.82) is 0 Å². The van der Waals surface area contributed by atoms with Crippen LogP contribution in [0.5, 0.6) is 0 Å². The summed E-state index contributed by atoms with van der Waals surface area (Å²) in [5, 5.41) is 9.15. The van der Waals surface area contributed by atoms with Gasteiger partial charge in [0.2, 0.25) is 0 Å². The number of unbranched alkanes of at least 4 members (excludes halogenated alkanes) is 1. The number of hydrogen-bond acceptors (Lipinski definition) is 6. The Hall–Kier alpha value is -1.07. The molecule has 0 radical (unpaired) electrons. The van der Waals surface area contributed by atoms with Gasteiger partial charge in [-0.15, -0.1) is 11.6 Å². The van der Waals surface area contributed by atoms with Gasteiger partial charge in [-0.25, -0.2) is 13.6 Å². The Balaban J connectivity index is 1.43. The lowest BCUT2D eigenvalue weighted by molar-refractivity contribution is 0.521. The molecule has 3 rings (SSSR count). The second-order valence-corrected chi connectivity index (χ2v) is 9.40. The van der Waals surface area contributed by atoms with Crippen LogP contribution in [0.4, 0.5) is 13.9 Å². The van der Waals surface area contributed by atoms with Gasteiger partial charge in [-0.1, -0.05) is 11.3 Å². The molecule has 2 unspecified atom stereocenters. The largest absolute Gasteiger partial charge is 0.387 e. The van der Waals surface area contributed by atoms with Crippen LogP contribution in [0.1, 0.15) is 25.7 Å². The van der Waals surface area contributed by atoms with Crippen LogP contribution >= 0.6 is 22.9 Å². The first kappa shape index (κ1) is 21.6. The van der Waals surface area contributed by atoms with Crippen molar-refractivity contribution in [2.75, 3.05) is 30.9 Å². The Kier molecular flexibility index (Phi) is 8.22. The average Bonchev–Trinajstić information content (AvgIpc) is 3.32. The fourth-order valence-corrected chi connectivity index (χ4v) is 5.13. The van der Waals surface area contributed by atoms with Crippen LogP contribution in [-0.2, 0) is 11.0 Å². The fraction of sp³-hybridized carbons (Fsp3) is 0.588. The molecule has 1 fully saturated rings. The number of hydrogen-bond donors (Lipinski definition) is 4. The Morgan fingerprint density at radius 2 is 2.18 bits per heavy atom. The first-order chi connectivity index (χ1) is 13.5. The van der Waals surface area contributed by atoms with E-state index in [0.29, 0.717) is 29.6 Å². The predicted molar refractivity (Wildman–Crippen MR) is 111 cm³/mol. The topological polar surface area (TPSA) is 78.1 Å². The monoisotopic (exact) mass is 451 g/mol. The van der Waals surface area contributed by atoms with Crippen LogP contribution in [0.25, 0.3) is 0 Å². The van der Waals surface area contributed by atoms with Gasteiger partial charge < -0.3 is 16.0 Å². The lowest BCUT2D eigenvalue weighted by Gasteiger charge is -2.22. The molecule has 4 N–H and O–H groups in total. The maximum Gasteiger partial charge on any atom is 0.198 e. The van der Waals surface area contributed by atoms with Crippen molar-refractivity contribution in [1.82, 2.24) is 20.9 Å². The number of nitrogens with zero attached hydrogens (tertiary/aromatic N) is 1. The van der Waals surface area contributed by atoms with Gasteiger partial charge in [-0.05, 0) is 38.4 Å². The lowest BCUT2D eigenvalue weighted by Crippen LogP contribution is -2.32. The highest BCUT2D eigenvalue weighted by atomic mass is 35.5. The van der Waals surface area contributed by atoms with Gasteiger partial charge in [0.15, 0.2) is 21.2 Å². The molecule has 28 heavy (non-hydrogen) atoms. The molecular weight excluding hydrogens is 428 g/mol. The molecule has 0 saturated carbocycles. The Bertz CT molecular complexity index is 752. The van der Waals surface area contributed by atoms with Crippen molar-refractivity contribution < 1.29 is 13.0 Å². The molecule has 2 aliphatic rings. The Morgan fingerprint density at radius 1 is 1.36 bits per heavy atom. The molecule has 1 saturated heterocycles. The molecule has 1 aromatic rings. The van der Waals surface area contributed by atoms with E-state index in [1.54, 1.807) is 0 Å². The number of nitrogens with one attached hydrogen (secondary N) is 4. The first-order valence-corrected chi connectivity index (χ1v) is 11.6. The standard InChI is InChI=1S/C17H24ClF2N5OS2/c18-12-7-15(28(26)25-17-24-10-16(20)27-17)13(19)8-14(12)23-5-2-1-4-22-11-3-6-21-9-11/h8,10-12,21-23H,1-7,9H2,(H,24,25)/t11-,12?,28?/m0/s1. The summed E-state index contributed by atoms with van der Waals surface area (Å²) in [5.74, 6) is -0.585. The zero-order valence-corrected chi connectivity index (χ0v) is 17.7. The van der Waals surface area contributed by atoms with E-state index in [1.807, 2.05) is 0 Å². The number of halogens is 3. The van der Waals surface area contributed by atoms with Crippen LogP contribution in [0.2, 0.25) is 0 Å². The van der Waals surface area contributed by atoms with Crippen molar-refractivity contribution in [3.63, 3.8) is 0 Å². The highest BCUT2D eigenvalue weighted by molar-refractivity contribution is 7.90. The zero-order chi connectivity index (χ0) is 19.9. The molecule has 1 aliphatic carbocycles. The molecule has 0 amide bonds. The summed E-state index contributed by atoms with van der Waals surface area (Å²) < 4.78 is 42.2. The van der Waals surface area contributed by atoms with Crippen LogP contribution < -0.4 is 20.7 Å². The molecule has 11 heteroatoms. The van der Waals surface area contributed by atoms with Crippen LogP contribution in [0.15, 0.2) is 28.7 Å². The molecule has 3 atom stereocenters. The van der Waals surface area contributed by atoms with E-state index in [-0.39, 0.29) is 16.5 Å². The van der Waals surface area contributed by atoms with E-state index >= 15 is 0 Å². The molecule has 6 nitrogen and oxygen atoms in total. The van der Waals surface area contributed by atoms with Gasteiger partial charge in [0, 0.05) is 31.2 Å². The second-order valence-electron chi connectivity index (χ2n) is 6.66. The molecule has 1 aromatic heterocycles. The van der Waals surface area contributed by atoms with Gasteiger partial charge in [0.05, 0.1) is 16.5 Å². The van der Waals surface area contributed by atoms with Gasteiger partial charge >= 0.3 is 0 Å². The minimum absolute atomic E-state index is 0.0514. The molecule has 156 valence electrons. The fourth-order valence-electron chi connectivity index (χ4n) is 3.06. The van der Waals surface area contributed by atoms with E-state index in [1.165, 1.54) is 12.5 Å². The van der Waals surface area contributed by atoms with Crippen LogP contribution in [0, 0.1) is 5.13 Å². The SMILES string of the molecule is O=S(Nc1ncc(F)s1)C1=C(F)C=C(NCCCCN[C@H]2CCNC2)C(Cl)C1. The quantitative estimate of drug-likeness (QED) is 0.325. The smallest absolute Gasteiger partial charge is 0.198 e. The van der Waals surface area contributed by atoms with Crippen molar-refractivity contribution in [2.45, 2.75) is 37.1 Å². The first-order valence-electron chi connectivity index (χ1n) is 9.25. The van der Waals surface area contributed by atoms with E-state index in [9.17, 15) is 13.0 Å². The summed E-state index contributed by atoms with van der Waals surface area (Å²) in [4.78, 5) is 3.78. The minimum Gasteiger partial charge on any atom is -0.387 e. The third-order valence-corrected chi connectivity index (χ3v) is 6.97. The molecule has 0 spiro atoms. The van der Waals surface area contributed by atoms with E-state index in [2.05, 4.69) is 25.7 Å². The third kappa shape index (κ3) is 6.21. The van der Waals surface area contributed by atoms with E-state index in [0.717, 1.165) is 38.7 Å². The van der Waals surface area contributed by atoms with Gasteiger partial charge in [0.1, 0.15) is 5.83 Å². The number of thiazole rings is 1. The number of anilines is 1. The summed E-state index contributed by atoms with van der Waals surface area (Å²) in [5.41, 5.74) is 0.591. The predicted octanol–water partition coefficient (Wildman–Crippen LogP) is 2.76. The number of aromatic nitrogens is 1. The van der Waals surface area contributed by atoms with Crippen molar-refractivity contribution in [3.8, 4) is 0 Å². The third-order valence-electron chi connectivity index (χ3n) is 4.56. The van der Waals surface area contributed by atoms with Crippen molar-refractivity contribution >= 4 is 39.1 Å². The number of rotatable bonds is 10. The van der Waals surface area contributed by atoms with Gasteiger partial charge in [-0.3, -0.25) is 4.72 Å². The highest BCUT2D eigenvalue weighted by Crippen LogP contribution is 2.30. The second kappa shape index (κ2) is 10.6. The highest BCUT2D eigenvalue weighted by Gasteiger charge is 2.26. The summed E-state index contributed by atoms with van der Waals surface area (Å²) >= 11 is 7.05. The van der Waals surface area contributed by atoms with Crippen LogP contribution in [0.3, 0.4) is 0 Å². The van der Waals surface area contributed by atoms with Gasteiger partial charge in [-0.2, -0.15) is 4.39 Å². The maximum absolute atomic E-state index is 14.4. The van der Waals surface area contributed by atoms with Gasteiger partial charge in [0.25, 0.3) is 0 Å². The molecule has 2 heterocycles. The van der Waals surface area contributed by atoms with E-state index < -0.39 is 27.3 Å². The van der Waals surface area contributed by atoms with Crippen LogP contribution in [-0.4, -0.2) is 46.8 Å². The summed E-state index contributed by atoms with van der Waals surface area (Å²) in [7, 11) is -1.86. The number of alkyl halides is 1. The maximum atomic E-state index is 14.4. The Morgan fingerprint density at radius 3 is 2.89 bits per heavy atom. The van der Waals surface area contributed by atoms with E-state index in [4.69, 9.17) is 11.6 Å². The average molecular weight is 452 g/mol. The molecule has 1 aliphatic heterocycles. The molecular formula is C17H24ClF2N5OS2. The molecule has 0 bridgehead atoms. The summed E-state index contributed by atoms with van der Waals surface area (Å²) in [6.45, 7) is 3.76. The molecule has 0 aromatic carbocycles. The van der Waals surface area contributed by atoms with Crippen molar-refractivity contribution in [2.24, 2.45) is 0 Å². The summed E-state index contributed by atoms with van der Waals surface area (Å²) in [6, 6.07) is 0.564. The Labute approximate surface area is 174 Å². The minimum atomic E-state index is -1.86. The van der Waals surface area contributed by atoms with Crippen molar-refractivity contribution in [3.05, 3.63) is 33.8 Å².